The first-order valence-electron chi connectivity index (χ1n) is 22.3. The molecule has 0 aliphatic rings. The second-order valence-corrected chi connectivity index (χ2v) is 15.4. The molecule has 2 aromatic carbocycles. The molecular formula is C48H80O4. The van der Waals surface area contributed by atoms with Crippen LogP contribution in [0.25, 0.3) is 0 Å². The van der Waals surface area contributed by atoms with Gasteiger partial charge in [0.25, 0.3) is 0 Å². The molecule has 0 saturated heterocycles. The topological polar surface area (TPSA) is 44.8 Å². The fourth-order valence-corrected chi connectivity index (χ4v) is 7.01. The van der Waals surface area contributed by atoms with E-state index in [1.54, 1.807) is 6.07 Å². The maximum atomic E-state index is 13.0. The first-order chi connectivity index (χ1) is 25.7. The molecule has 1 atom stereocenters. The van der Waals surface area contributed by atoms with Gasteiger partial charge < -0.3 is 14.2 Å². The second kappa shape index (κ2) is 33.3. The van der Waals surface area contributed by atoms with E-state index in [1.807, 2.05) is 42.5 Å². The van der Waals surface area contributed by atoms with E-state index in [0.717, 1.165) is 25.0 Å². The van der Waals surface area contributed by atoms with Crippen molar-refractivity contribution >= 4 is 5.97 Å². The Hall–Kier alpha value is -2.33. The standard InChI is InChI=1S/C48H80O4/c1-4-6-8-10-12-14-16-18-19-20-22-23-25-27-29-33-41-50-43(3)44-37-39-45(40-38-44)48(49)52-47-36-32-31-35-46(47)51-42-34-30-28-26-24-21-17-15-13-11-9-7-5-2/h31-32,35-40,43H,4-30,33-34,41-42H2,1-3H3. The third kappa shape index (κ3) is 24.1. The van der Waals surface area contributed by atoms with E-state index in [9.17, 15) is 4.79 Å². The van der Waals surface area contributed by atoms with Gasteiger partial charge in [-0.25, -0.2) is 4.79 Å². The number of rotatable bonds is 36. The summed E-state index contributed by atoms with van der Waals surface area (Å²) in [6.07, 6.45) is 39.2. The van der Waals surface area contributed by atoms with E-state index < -0.39 is 0 Å². The highest BCUT2D eigenvalue weighted by Crippen LogP contribution is 2.28. The molecule has 0 fully saturated rings. The average molecular weight is 721 g/mol. The van der Waals surface area contributed by atoms with Gasteiger partial charge in [0.2, 0.25) is 0 Å². The lowest BCUT2D eigenvalue weighted by Gasteiger charge is -2.14. The third-order valence-electron chi connectivity index (χ3n) is 10.5. The monoisotopic (exact) mass is 721 g/mol. The maximum Gasteiger partial charge on any atom is 0.343 e. The average Bonchev–Trinajstić information content (AvgIpc) is 3.16. The lowest BCUT2D eigenvalue weighted by molar-refractivity contribution is 0.0625. The Morgan fingerprint density at radius 3 is 1.25 bits per heavy atom. The van der Waals surface area contributed by atoms with Crippen molar-refractivity contribution in [2.45, 2.75) is 213 Å². The van der Waals surface area contributed by atoms with Crippen molar-refractivity contribution in [3.8, 4) is 11.5 Å². The van der Waals surface area contributed by atoms with Gasteiger partial charge >= 0.3 is 5.97 Å². The van der Waals surface area contributed by atoms with Crippen LogP contribution in [0.3, 0.4) is 0 Å². The Balaban J connectivity index is 1.50. The van der Waals surface area contributed by atoms with Gasteiger partial charge in [-0.05, 0) is 49.6 Å². The fourth-order valence-electron chi connectivity index (χ4n) is 7.01. The van der Waals surface area contributed by atoms with Gasteiger partial charge in [0.1, 0.15) is 0 Å². The number of para-hydroxylation sites is 2. The first kappa shape index (κ1) is 45.8. The first-order valence-corrected chi connectivity index (χ1v) is 22.3. The molecule has 4 nitrogen and oxygen atoms in total. The van der Waals surface area contributed by atoms with Gasteiger partial charge in [0.15, 0.2) is 11.5 Å². The molecule has 0 aliphatic heterocycles. The number of carbonyl (C=O) groups is 1. The minimum atomic E-state index is -0.370. The molecule has 52 heavy (non-hydrogen) atoms. The summed E-state index contributed by atoms with van der Waals surface area (Å²) in [4.78, 5) is 13.0. The number of esters is 1. The van der Waals surface area contributed by atoms with Gasteiger partial charge in [-0.3, -0.25) is 0 Å². The molecule has 0 radical (unpaired) electrons. The highest BCUT2D eigenvalue weighted by Gasteiger charge is 2.14. The fraction of sp³-hybridized carbons (Fsp3) is 0.729. The van der Waals surface area contributed by atoms with Crippen LogP contribution in [0.1, 0.15) is 229 Å². The summed E-state index contributed by atoms with van der Waals surface area (Å²) in [7, 11) is 0. The smallest absolute Gasteiger partial charge is 0.343 e. The van der Waals surface area contributed by atoms with E-state index in [1.165, 1.54) is 173 Å². The SMILES string of the molecule is CCCCCCCCCCCCCCCCCCOC(C)c1ccc(C(=O)Oc2ccccc2OCCCCCCCCCCCCCCC)cc1. The van der Waals surface area contributed by atoms with Crippen molar-refractivity contribution in [2.75, 3.05) is 13.2 Å². The van der Waals surface area contributed by atoms with Crippen LogP contribution < -0.4 is 9.47 Å². The number of carbonyl (C=O) groups excluding carboxylic acids is 1. The largest absolute Gasteiger partial charge is 0.490 e. The molecule has 0 N–H and O–H groups in total. The molecule has 0 bridgehead atoms. The summed E-state index contributed by atoms with van der Waals surface area (Å²) >= 11 is 0. The zero-order valence-corrected chi connectivity index (χ0v) is 34.2. The van der Waals surface area contributed by atoms with Crippen LogP contribution in [0.15, 0.2) is 48.5 Å². The van der Waals surface area contributed by atoms with Crippen molar-refractivity contribution in [3.63, 3.8) is 0 Å². The number of benzene rings is 2. The van der Waals surface area contributed by atoms with Crippen LogP contribution >= 0.6 is 0 Å². The number of hydrogen-bond donors (Lipinski definition) is 0. The van der Waals surface area contributed by atoms with Crippen LogP contribution in [0.4, 0.5) is 0 Å². The van der Waals surface area contributed by atoms with Crippen molar-refractivity contribution < 1.29 is 19.0 Å². The zero-order chi connectivity index (χ0) is 37.2. The quantitative estimate of drug-likeness (QED) is 0.0399. The molecule has 0 aromatic heterocycles. The summed E-state index contributed by atoms with van der Waals surface area (Å²) in [5.41, 5.74) is 1.61. The Morgan fingerprint density at radius 1 is 0.462 bits per heavy atom. The molecule has 4 heteroatoms. The van der Waals surface area contributed by atoms with Crippen LogP contribution in [-0.2, 0) is 4.74 Å². The van der Waals surface area contributed by atoms with Crippen LogP contribution in [-0.4, -0.2) is 19.2 Å². The summed E-state index contributed by atoms with van der Waals surface area (Å²) in [5, 5.41) is 0. The number of unbranched alkanes of at least 4 members (excludes halogenated alkanes) is 27. The molecule has 0 saturated carbocycles. The highest BCUT2D eigenvalue weighted by molar-refractivity contribution is 5.91. The Kier molecular flexibility index (Phi) is 29.3. The lowest BCUT2D eigenvalue weighted by atomic mass is 10.0. The van der Waals surface area contributed by atoms with Gasteiger partial charge in [0, 0.05) is 6.61 Å². The molecule has 0 aliphatic carbocycles. The summed E-state index contributed by atoms with van der Waals surface area (Å²) in [6, 6.07) is 15.1. The Labute approximate surface area is 321 Å². The van der Waals surface area contributed by atoms with Gasteiger partial charge in [0.05, 0.1) is 18.3 Å². The normalized spacial score (nSPS) is 11.9. The maximum absolute atomic E-state index is 13.0. The molecular weight excluding hydrogens is 641 g/mol. The van der Waals surface area contributed by atoms with Crippen LogP contribution in [0.5, 0.6) is 11.5 Å². The molecule has 1 unspecified atom stereocenters. The molecule has 0 amide bonds. The highest BCUT2D eigenvalue weighted by atomic mass is 16.6. The minimum Gasteiger partial charge on any atom is -0.490 e. The lowest BCUT2D eigenvalue weighted by Crippen LogP contribution is -2.10. The Bertz CT molecular complexity index is 1080. The van der Waals surface area contributed by atoms with Crippen LogP contribution in [0.2, 0.25) is 0 Å². The Morgan fingerprint density at radius 2 is 0.827 bits per heavy atom. The molecule has 296 valence electrons. The molecule has 2 rings (SSSR count). The summed E-state index contributed by atoms with van der Waals surface area (Å²) in [6.45, 7) is 8.07. The second-order valence-electron chi connectivity index (χ2n) is 15.4. The van der Waals surface area contributed by atoms with Crippen molar-refractivity contribution in [2.24, 2.45) is 0 Å². The van der Waals surface area contributed by atoms with Gasteiger partial charge in [-0.2, -0.15) is 0 Å². The van der Waals surface area contributed by atoms with Crippen molar-refractivity contribution in [1.29, 1.82) is 0 Å². The number of hydrogen-bond acceptors (Lipinski definition) is 4. The predicted molar refractivity (Wildman–Crippen MR) is 223 cm³/mol. The summed E-state index contributed by atoms with van der Waals surface area (Å²) in [5.74, 6) is 0.731. The molecule has 0 heterocycles. The molecule has 0 spiro atoms. The van der Waals surface area contributed by atoms with Gasteiger partial charge in [-0.1, -0.05) is 211 Å². The number of ether oxygens (including phenoxy) is 3. The zero-order valence-electron chi connectivity index (χ0n) is 34.2. The van der Waals surface area contributed by atoms with Gasteiger partial charge in [-0.15, -0.1) is 0 Å². The molecule has 2 aromatic rings. The van der Waals surface area contributed by atoms with E-state index in [4.69, 9.17) is 14.2 Å². The third-order valence-corrected chi connectivity index (χ3v) is 10.5. The minimum absolute atomic E-state index is 0.000595. The van der Waals surface area contributed by atoms with E-state index in [0.29, 0.717) is 23.7 Å². The van der Waals surface area contributed by atoms with E-state index in [2.05, 4.69) is 20.8 Å². The summed E-state index contributed by atoms with van der Waals surface area (Å²) < 4.78 is 17.9. The predicted octanol–water partition coefficient (Wildman–Crippen LogP) is 15.7. The van der Waals surface area contributed by atoms with Crippen LogP contribution in [0, 0.1) is 0 Å². The van der Waals surface area contributed by atoms with Crippen molar-refractivity contribution in [1.82, 2.24) is 0 Å². The van der Waals surface area contributed by atoms with E-state index >= 15 is 0 Å². The van der Waals surface area contributed by atoms with Crippen molar-refractivity contribution in [3.05, 3.63) is 59.7 Å². The van der Waals surface area contributed by atoms with E-state index in [-0.39, 0.29) is 12.1 Å².